The Hall–Kier alpha value is -1.60. The third kappa shape index (κ3) is 2.46. The van der Waals surface area contributed by atoms with Crippen molar-refractivity contribution >= 4 is 0 Å². The number of nitro groups is 1. The maximum absolute atomic E-state index is 13.6. The van der Waals surface area contributed by atoms with Gasteiger partial charge in [0.05, 0.1) is 12.7 Å². The molecule has 1 aromatic carbocycles. The zero-order valence-electron chi connectivity index (χ0n) is 9.25. The van der Waals surface area contributed by atoms with Crippen molar-refractivity contribution in [2.24, 2.45) is 0 Å². The molecule has 18 heavy (non-hydrogen) atoms. The minimum atomic E-state index is -1.29. The topological polar surface area (TPSA) is 72.6 Å². The summed E-state index contributed by atoms with van der Waals surface area (Å²) in [5.74, 6) is -1.45. The van der Waals surface area contributed by atoms with E-state index in [-0.39, 0.29) is 18.6 Å². The van der Waals surface area contributed by atoms with Crippen LogP contribution < -0.4 is 0 Å². The van der Waals surface area contributed by atoms with Crippen molar-refractivity contribution in [3.8, 4) is 0 Å². The Morgan fingerprint density at radius 1 is 1.44 bits per heavy atom. The zero-order valence-corrected chi connectivity index (χ0v) is 9.25. The molecule has 0 bridgehead atoms. The number of aliphatic hydroxyl groups excluding tert-OH is 1. The van der Waals surface area contributed by atoms with Gasteiger partial charge in [-0.05, 0) is 18.2 Å². The van der Waals surface area contributed by atoms with E-state index in [1.807, 2.05) is 0 Å². The molecule has 1 aromatic rings. The fourth-order valence-corrected chi connectivity index (χ4v) is 2.02. The Morgan fingerprint density at radius 3 is 2.83 bits per heavy atom. The van der Waals surface area contributed by atoms with E-state index in [0.29, 0.717) is 0 Å². The van der Waals surface area contributed by atoms with Gasteiger partial charge in [0.25, 0.3) is 0 Å². The molecule has 1 aliphatic rings. The van der Waals surface area contributed by atoms with Crippen LogP contribution in [0.3, 0.4) is 0 Å². The second kappa shape index (κ2) is 4.95. The highest BCUT2D eigenvalue weighted by Gasteiger charge is 2.41. The third-order valence-corrected chi connectivity index (χ3v) is 2.87. The Balaban J connectivity index is 2.35. The average Bonchev–Trinajstić information content (AvgIpc) is 2.32. The van der Waals surface area contributed by atoms with E-state index < -0.39 is 34.8 Å². The normalized spacial score (nSPS) is 28.1. The molecule has 1 fully saturated rings. The van der Waals surface area contributed by atoms with Crippen molar-refractivity contribution in [3.63, 3.8) is 0 Å². The SMILES string of the molecule is O=[N+]([O-])C1CC(O)CO[C@@H]1c1cc(F)ccc1F. The van der Waals surface area contributed by atoms with Gasteiger partial charge in [0.1, 0.15) is 11.6 Å². The summed E-state index contributed by atoms with van der Waals surface area (Å²) < 4.78 is 31.7. The summed E-state index contributed by atoms with van der Waals surface area (Å²) in [7, 11) is 0. The summed E-state index contributed by atoms with van der Waals surface area (Å²) in [6, 6.07) is 1.42. The summed E-state index contributed by atoms with van der Waals surface area (Å²) in [5, 5.41) is 20.2. The van der Waals surface area contributed by atoms with Gasteiger partial charge in [0, 0.05) is 16.9 Å². The fourth-order valence-electron chi connectivity index (χ4n) is 2.02. The number of halogens is 2. The monoisotopic (exact) mass is 259 g/mol. The van der Waals surface area contributed by atoms with Crippen molar-refractivity contribution in [3.05, 3.63) is 45.5 Å². The van der Waals surface area contributed by atoms with E-state index in [4.69, 9.17) is 4.74 Å². The molecule has 98 valence electrons. The molecule has 0 amide bonds. The van der Waals surface area contributed by atoms with Crippen LogP contribution in [-0.4, -0.2) is 28.8 Å². The van der Waals surface area contributed by atoms with E-state index in [0.717, 1.165) is 18.2 Å². The predicted molar refractivity (Wildman–Crippen MR) is 56.5 cm³/mol. The Bertz CT molecular complexity index is 468. The van der Waals surface area contributed by atoms with Crippen molar-refractivity contribution in [2.45, 2.75) is 24.7 Å². The highest BCUT2D eigenvalue weighted by Crippen LogP contribution is 2.32. The first-order chi connectivity index (χ1) is 8.49. The van der Waals surface area contributed by atoms with Gasteiger partial charge >= 0.3 is 0 Å². The summed E-state index contributed by atoms with van der Waals surface area (Å²) in [5.41, 5.74) is -0.191. The van der Waals surface area contributed by atoms with Crippen LogP contribution in [0, 0.1) is 21.7 Å². The lowest BCUT2D eigenvalue weighted by atomic mass is 9.95. The molecular weight excluding hydrogens is 248 g/mol. The van der Waals surface area contributed by atoms with Gasteiger partial charge in [-0.15, -0.1) is 0 Å². The summed E-state index contributed by atoms with van der Waals surface area (Å²) in [6.07, 6.45) is -2.29. The maximum Gasteiger partial charge on any atom is 0.245 e. The zero-order chi connectivity index (χ0) is 13.3. The lowest BCUT2D eigenvalue weighted by molar-refractivity contribution is -0.545. The summed E-state index contributed by atoms with van der Waals surface area (Å²) >= 11 is 0. The van der Waals surface area contributed by atoms with E-state index in [2.05, 4.69) is 0 Å². The number of hydrogen-bond donors (Lipinski definition) is 1. The molecule has 3 atom stereocenters. The summed E-state index contributed by atoms with van der Waals surface area (Å²) in [4.78, 5) is 10.2. The Labute approximate surface area is 101 Å². The number of hydrogen-bond acceptors (Lipinski definition) is 4. The van der Waals surface area contributed by atoms with E-state index in [1.54, 1.807) is 0 Å². The minimum absolute atomic E-state index is 0.134. The lowest BCUT2D eigenvalue weighted by Crippen LogP contribution is -2.40. The highest BCUT2D eigenvalue weighted by molar-refractivity contribution is 5.22. The van der Waals surface area contributed by atoms with Gasteiger partial charge in [0.15, 0.2) is 6.10 Å². The van der Waals surface area contributed by atoms with E-state index in [1.165, 1.54) is 0 Å². The number of ether oxygens (including phenoxy) is 1. The smallest absolute Gasteiger partial charge is 0.245 e. The van der Waals surface area contributed by atoms with Crippen LogP contribution in [0.2, 0.25) is 0 Å². The van der Waals surface area contributed by atoms with Crippen LogP contribution in [0.1, 0.15) is 18.1 Å². The second-order valence-corrected chi connectivity index (χ2v) is 4.16. The third-order valence-electron chi connectivity index (χ3n) is 2.87. The molecule has 5 nitrogen and oxygen atoms in total. The van der Waals surface area contributed by atoms with Crippen LogP contribution in [0.5, 0.6) is 0 Å². The number of benzene rings is 1. The van der Waals surface area contributed by atoms with Gasteiger partial charge in [0.2, 0.25) is 6.04 Å². The number of nitrogens with zero attached hydrogens (tertiary/aromatic N) is 1. The molecule has 1 aliphatic heterocycles. The standard InChI is InChI=1S/C11H11F2NO4/c12-6-1-2-9(13)8(3-6)11-10(14(16)17)4-7(15)5-18-11/h1-3,7,10-11,15H,4-5H2/t7?,10?,11-/m1/s1. The molecule has 7 heteroatoms. The molecule has 0 saturated carbocycles. The Kier molecular flexibility index (Phi) is 3.53. The molecule has 2 rings (SSSR count). The van der Waals surface area contributed by atoms with Gasteiger partial charge in [-0.25, -0.2) is 8.78 Å². The second-order valence-electron chi connectivity index (χ2n) is 4.16. The highest BCUT2D eigenvalue weighted by atomic mass is 19.1. The first-order valence-corrected chi connectivity index (χ1v) is 5.37. The van der Waals surface area contributed by atoms with Crippen LogP contribution in [0.15, 0.2) is 18.2 Å². The first kappa shape index (κ1) is 12.8. The molecular formula is C11H11F2NO4. The molecule has 1 N–H and O–H groups in total. The van der Waals surface area contributed by atoms with Gasteiger partial charge in [-0.2, -0.15) is 0 Å². The maximum atomic E-state index is 13.6. The molecule has 1 heterocycles. The van der Waals surface area contributed by atoms with E-state index in [9.17, 15) is 24.0 Å². The predicted octanol–water partition coefficient (Wildman–Crippen LogP) is 1.43. The van der Waals surface area contributed by atoms with Crippen LogP contribution in [0.4, 0.5) is 8.78 Å². The fraction of sp³-hybridized carbons (Fsp3) is 0.455. The van der Waals surface area contributed by atoms with Crippen LogP contribution in [0.25, 0.3) is 0 Å². The van der Waals surface area contributed by atoms with Gasteiger partial charge in [-0.1, -0.05) is 0 Å². The van der Waals surface area contributed by atoms with Crippen molar-refractivity contribution < 1.29 is 23.5 Å². The molecule has 0 spiro atoms. The number of aliphatic hydroxyl groups is 1. The summed E-state index contributed by atoms with van der Waals surface area (Å²) in [6.45, 7) is -0.134. The van der Waals surface area contributed by atoms with Gasteiger partial charge in [-0.3, -0.25) is 10.1 Å². The van der Waals surface area contributed by atoms with Gasteiger partial charge < -0.3 is 9.84 Å². The molecule has 0 aliphatic carbocycles. The molecule has 0 aromatic heterocycles. The van der Waals surface area contributed by atoms with Crippen molar-refractivity contribution in [1.29, 1.82) is 0 Å². The van der Waals surface area contributed by atoms with E-state index >= 15 is 0 Å². The number of rotatable bonds is 2. The Morgan fingerprint density at radius 2 is 2.17 bits per heavy atom. The minimum Gasteiger partial charge on any atom is -0.390 e. The van der Waals surface area contributed by atoms with Crippen LogP contribution in [-0.2, 0) is 4.74 Å². The molecule has 0 radical (unpaired) electrons. The van der Waals surface area contributed by atoms with Crippen molar-refractivity contribution in [2.75, 3.05) is 6.61 Å². The molecule has 2 unspecified atom stereocenters. The lowest BCUT2D eigenvalue weighted by Gasteiger charge is -2.29. The van der Waals surface area contributed by atoms with Crippen molar-refractivity contribution in [1.82, 2.24) is 0 Å². The average molecular weight is 259 g/mol. The largest absolute Gasteiger partial charge is 0.390 e. The first-order valence-electron chi connectivity index (χ1n) is 5.37. The molecule has 1 saturated heterocycles. The quantitative estimate of drug-likeness (QED) is 0.644. The van der Waals surface area contributed by atoms with Crippen LogP contribution >= 0.6 is 0 Å².